The van der Waals surface area contributed by atoms with Gasteiger partial charge in [-0.1, -0.05) is 42.5 Å². The van der Waals surface area contributed by atoms with Crippen molar-refractivity contribution in [3.63, 3.8) is 0 Å². The van der Waals surface area contributed by atoms with Crippen molar-refractivity contribution in [3.8, 4) is 11.5 Å². The Morgan fingerprint density at radius 3 is 2.46 bits per heavy atom. The van der Waals surface area contributed by atoms with E-state index in [1.165, 1.54) is 38.4 Å². The van der Waals surface area contributed by atoms with Crippen LogP contribution in [-0.2, 0) is 14.9 Å². The van der Waals surface area contributed by atoms with Crippen LogP contribution in [0.3, 0.4) is 0 Å². The van der Waals surface area contributed by atoms with Gasteiger partial charge in [-0.2, -0.15) is 0 Å². The third-order valence-corrected chi connectivity index (χ3v) is 6.63. The number of aromatic hydroxyl groups is 1. The second-order valence-electron chi connectivity index (χ2n) is 8.70. The van der Waals surface area contributed by atoms with Gasteiger partial charge in [0, 0.05) is 17.7 Å². The highest BCUT2D eigenvalue weighted by atomic mass is 19.1. The van der Waals surface area contributed by atoms with E-state index in [0.29, 0.717) is 0 Å². The fourth-order valence-corrected chi connectivity index (χ4v) is 4.62. The van der Waals surface area contributed by atoms with E-state index in [1.54, 1.807) is 12.1 Å². The molecule has 3 aromatic rings. The Balaban J connectivity index is 1.50. The van der Waals surface area contributed by atoms with Crippen LogP contribution in [0.15, 0.2) is 66.9 Å². The van der Waals surface area contributed by atoms with Crippen LogP contribution in [0.4, 0.5) is 4.39 Å². The Kier molecular flexibility index (Phi) is 6.73. The number of nitrogens with one attached hydrogen (secondary N) is 1. The lowest BCUT2D eigenvalue weighted by Gasteiger charge is -2.27. The monoisotopic (exact) mass is 478 g/mol. The van der Waals surface area contributed by atoms with Crippen molar-refractivity contribution in [2.24, 2.45) is 0 Å². The molecule has 1 saturated carbocycles. The standard InChI is InChI=1S/C27H27FN2O5/c1-16(30-25(32)23-24(31)22(34-3)13-14-29-23)26(33)35-17(2)27(19-9-11-20(28)12-10-19)15-21(27)18-7-5-4-6-8-18/h4-14,16-17,21,31H,15H2,1-3H3,(H,30,32)/t16-,17?,21?,27?/m0/s1. The lowest BCUT2D eigenvalue weighted by molar-refractivity contribution is -0.151. The van der Waals surface area contributed by atoms with Crippen LogP contribution >= 0.6 is 0 Å². The quantitative estimate of drug-likeness (QED) is 0.473. The molecule has 0 aliphatic heterocycles. The number of hydrogen-bond acceptors (Lipinski definition) is 6. The number of rotatable bonds is 8. The van der Waals surface area contributed by atoms with Crippen molar-refractivity contribution in [2.45, 2.75) is 43.7 Å². The Labute approximate surface area is 202 Å². The third-order valence-electron chi connectivity index (χ3n) is 6.63. The highest BCUT2D eigenvalue weighted by Crippen LogP contribution is 2.63. The van der Waals surface area contributed by atoms with E-state index in [4.69, 9.17) is 9.47 Å². The van der Waals surface area contributed by atoms with Crippen molar-refractivity contribution >= 4 is 11.9 Å². The Morgan fingerprint density at radius 2 is 1.80 bits per heavy atom. The number of carbonyl (C=O) groups excluding carboxylic acids is 2. The first kappa shape index (κ1) is 24.2. The molecule has 1 heterocycles. The smallest absolute Gasteiger partial charge is 0.328 e. The lowest BCUT2D eigenvalue weighted by atomic mass is 9.86. The maximum absolute atomic E-state index is 13.6. The number of amides is 1. The van der Waals surface area contributed by atoms with Crippen LogP contribution in [-0.4, -0.2) is 41.2 Å². The summed E-state index contributed by atoms with van der Waals surface area (Å²) < 4.78 is 24.4. The molecule has 0 spiro atoms. The summed E-state index contributed by atoms with van der Waals surface area (Å²) in [7, 11) is 1.36. The van der Waals surface area contributed by atoms with Crippen LogP contribution in [0.25, 0.3) is 0 Å². The highest BCUT2D eigenvalue weighted by molar-refractivity contribution is 5.97. The zero-order valence-corrected chi connectivity index (χ0v) is 19.7. The van der Waals surface area contributed by atoms with Crippen LogP contribution in [0.2, 0.25) is 0 Å². The largest absolute Gasteiger partial charge is 0.503 e. The maximum Gasteiger partial charge on any atom is 0.328 e. The van der Waals surface area contributed by atoms with Gasteiger partial charge >= 0.3 is 5.97 Å². The zero-order valence-electron chi connectivity index (χ0n) is 19.7. The topological polar surface area (TPSA) is 97.8 Å². The molecule has 7 nitrogen and oxygen atoms in total. The minimum absolute atomic E-state index is 0.0935. The second kappa shape index (κ2) is 9.74. The van der Waals surface area contributed by atoms with Gasteiger partial charge in [0.25, 0.3) is 5.91 Å². The molecule has 1 fully saturated rings. The number of carbonyl (C=O) groups is 2. The van der Waals surface area contributed by atoms with Crippen molar-refractivity contribution in [1.82, 2.24) is 10.3 Å². The SMILES string of the molecule is COc1ccnc(C(=O)N[C@@H](C)C(=O)OC(C)C2(c3ccc(F)cc3)CC2c2ccccc2)c1O. The number of methoxy groups -OCH3 is 1. The first-order valence-electron chi connectivity index (χ1n) is 11.3. The molecule has 0 bridgehead atoms. The molecule has 1 amide bonds. The van der Waals surface area contributed by atoms with Gasteiger partial charge in [-0.05, 0) is 49.4 Å². The molecule has 35 heavy (non-hydrogen) atoms. The minimum Gasteiger partial charge on any atom is -0.503 e. The van der Waals surface area contributed by atoms with E-state index in [-0.39, 0.29) is 23.2 Å². The lowest BCUT2D eigenvalue weighted by Crippen LogP contribution is -2.42. The van der Waals surface area contributed by atoms with Crippen molar-refractivity contribution < 1.29 is 28.6 Å². The summed E-state index contributed by atoms with van der Waals surface area (Å²) in [5, 5.41) is 12.7. The second-order valence-corrected chi connectivity index (χ2v) is 8.70. The van der Waals surface area contributed by atoms with E-state index in [2.05, 4.69) is 10.3 Å². The number of nitrogens with zero attached hydrogens (tertiary/aromatic N) is 1. The summed E-state index contributed by atoms with van der Waals surface area (Å²) >= 11 is 0. The molecule has 182 valence electrons. The van der Waals surface area contributed by atoms with Gasteiger partial charge < -0.3 is 19.9 Å². The van der Waals surface area contributed by atoms with Crippen LogP contribution in [0.1, 0.15) is 47.8 Å². The number of hydrogen-bond donors (Lipinski definition) is 2. The van der Waals surface area contributed by atoms with Gasteiger partial charge in [0.1, 0.15) is 18.0 Å². The average molecular weight is 479 g/mol. The average Bonchev–Trinajstić information content (AvgIpc) is 3.62. The molecular weight excluding hydrogens is 451 g/mol. The van der Waals surface area contributed by atoms with Gasteiger partial charge in [0.15, 0.2) is 17.2 Å². The van der Waals surface area contributed by atoms with Crippen molar-refractivity contribution in [2.75, 3.05) is 7.11 Å². The molecule has 2 aromatic carbocycles. The summed E-state index contributed by atoms with van der Waals surface area (Å²) in [6, 6.07) is 16.6. The molecule has 4 rings (SSSR count). The summed E-state index contributed by atoms with van der Waals surface area (Å²) in [5.74, 6) is -1.93. The number of aromatic nitrogens is 1. The molecule has 2 N–H and O–H groups in total. The Hall–Kier alpha value is -3.94. The highest BCUT2D eigenvalue weighted by Gasteiger charge is 2.60. The number of ether oxygens (including phenoxy) is 2. The van der Waals surface area contributed by atoms with Gasteiger partial charge in [0.2, 0.25) is 0 Å². The maximum atomic E-state index is 13.6. The molecule has 1 aliphatic carbocycles. The first-order chi connectivity index (χ1) is 16.8. The number of benzene rings is 2. The first-order valence-corrected chi connectivity index (χ1v) is 11.3. The summed E-state index contributed by atoms with van der Waals surface area (Å²) in [4.78, 5) is 29.4. The predicted molar refractivity (Wildman–Crippen MR) is 127 cm³/mol. The Morgan fingerprint density at radius 1 is 1.11 bits per heavy atom. The summed E-state index contributed by atoms with van der Waals surface area (Å²) in [6.07, 6.45) is 1.51. The minimum atomic E-state index is -1.00. The number of halogens is 1. The van der Waals surface area contributed by atoms with Crippen molar-refractivity contribution in [3.05, 3.63) is 89.5 Å². The number of esters is 1. The molecule has 4 atom stereocenters. The fraction of sp³-hybridized carbons (Fsp3) is 0.296. The Bertz CT molecular complexity index is 1220. The zero-order chi connectivity index (χ0) is 25.2. The molecular formula is C27H27FN2O5. The summed E-state index contributed by atoms with van der Waals surface area (Å²) in [6.45, 7) is 3.31. The molecule has 8 heteroatoms. The van der Waals surface area contributed by atoms with E-state index < -0.39 is 35.2 Å². The van der Waals surface area contributed by atoms with Crippen LogP contribution in [0.5, 0.6) is 11.5 Å². The molecule has 3 unspecified atom stereocenters. The van der Waals surface area contributed by atoms with E-state index >= 15 is 0 Å². The third kappa shape index (κ3) is 4.69. The van der Waals surface area contributed by atoms with Crippen LogP contribution < -0.4 is 10.1 Å². The molecule has 1 aliphatic rings. The van der Waals surface area contributed by atoms with Gasteiger partial charge in [-0.15, -0.1) is 0 Å². The predicted octanol–water partition coefficient (Wildman–Crippen LogP) is 4.11. The molecule has 0 radical (unpaired) electrons. The number of pyridine rings is 1. The van der Waals surface area contributed by atoms with Gasteiger partial charge in [-0.25, -0.2) is 14.2 Å². The summed E-state index contributed by atoms with van der Waals surface area (Å²) in [5.41, 5.74) is 1.23. The van der Waals surface area contributed by atoms with Gasteiger partial charge in [0.05, 0.1) is 7.11 Å². The molecule has 0 saturated heterocycles. The normalized spacial score (nSPS) is 20.4. The van der Waals surface area contributed by atoms with Crippen molar-refractivity contribution in [1.29, 1.82) is 0 Å². The van der Waals surface area contributed by atoms with E-state index in [0.717, 1.165) is 17.5 Å². The van der Waals surface area contributed by atoms with E-state index in [1.807, 2.05) is 37.3 Å². The van der Waals surface area contributed by atoms with Crippen LogP contribution in [0, 0.1) is 5.82 Å². The fourth-order valence-electron chi connectivity index (χ4n) is 4.62. The van der Waals surface area contributed by atoms with Gasteiger partial charge in [-0.3, -0.25) is 4.79 Å². The molecule has 1 aromatic heterocycles. The van der Waals surface area contributed by atoms with E-state index in [9.17, 15) is 19.1 Å².